The van der Waals surface area contributed by atoms with Gasteiger partial charge in [0.15, 0.2) is 6.10 Å². The molecular weight excluding hydrogens is 617 g/mol. The topological polar surface area (TPSA) is 167 Å². The van der Waals surface area contributed by atoms with Crippen molar-refractivity contribution in [3.8, 4) is 5.75 Å². The Morgan fingerprint density at radius 3 is 2.36 bits per heavy atom. The van der Waals surface area contributed by atoms with Gasteiger partial charge in [0, 0.05) is 12.1 Å². The summed E-state index contributed by atoms with van der Waals surface area (Å²) in [5, 5.41) is 15.4. The fraction of sp³-hybridized carbons (Fsp3) is 0.586. The zero-order valence-corrected chi connectivity index (χ0v) is 26.7. The van der Waals surface area contributed by atoms with Gasteiger partial charge in [-0.15, -0.1) is 0 Å². The van der Waals surface area contributed by atoms with E-state index in [4.69, 9.17) is 18.5 Å². The van der Waals surface area contributed by atoms with Crippen molar-refractivity contribution < 1.29 is 46.6 Å². The number of aliphatic hydroxyl groups is 1. The number of carbonyl (C=O) groups excluding carboxylic acids is 2. The maximum atomic E-state index is 15.2. The molecule has 0 radical (unpaired) electrons. The lowest BCUT2D eigenvalue weighted by atomic mass is 9.97. The Kier molecular flexibility index (Phi) is 12.8. The van der Waals surface area contributed by atoms with Gasteiger partial charge in [0.25, 0.3) is 0 Å². The number of anilines is 1. The first-order chi connectivity index (χ1) is 21.2. The van der Waals surface area contributed by atoms with E-state index in [1.54, 1.807) is 32.0 Å². The van der Waals surface area contributed by atoms with Crippen LogP contribution < -0.4 is 20.6 Å². The summed E-state index contributed by atoms with van der Waals surface area (Å²) < 4.78 is 66.0. The predicted molar refractivity (Wildman–Crippen MR) is 160 cm³/mol. The van der Waals surface area contributed by atoms with Crippen molar-refractivity contribution in [2.24, 2.45) is 5.92 Å². The molecule has 16 heteroatoms. The summed E-state index contributed by atoms with van der Waals surface area (Å²) >= 11 is 0. The first-order valence-corrected chi connectivity index (χ1v) is 16.3. The molecule has 45 heavy (non-hydrogen) atoms. The van der Waals surface area contributed by atoms with Gasteiger partial charge in [0.05, 0.1) is 12.7 Å². The normalized spacial score (nSPS) is 21.3. The van der Waals surface area contributed by atoms with Crippen LogP contribution in [0.1, 0.15) is 66.5 Å². The number of rotatable bonds is 16. The second-order valence-electron chi connectivity index (χ2n) is 10.9. The number of hydrogen-bond donors (Lipinski definition) is 3. The van der Waals surface area contributed by atoms with Crippen LogP contribution in [0.4, 0.5) is 14.6 Å². The van der Waals surface area contributed by atoms with Crippen molar-refractivity contribution in [3.05, 3.63) is 53.1 Å². The van der Waals surface area contributed by atoms with E-state index in [0.29, 0.717) is 17.4 Å². The summed E-state index contributed by atoms with van der Waals surface area (Å²) in [6.07, 6.45) is -3.24. The minimum absolute atomic E-state index is 0.0781. The van der Waals surface area contributed by atoms with E-state index in [2.05, 4.69) is 15.4 Å². The molecule has 1 aliphatic heterocycles. The summed E-state index contributed by atoms with van der Waals surface area (Å²) in [7, 11) is -4.46. The standard InChI is InChI=1S/C29H41F2N4O9P/c1-6-11-20(12-7-2)25(37)32-23-15-16-35(28(39)33-23)27-29(30,31)24(36)22(43-27)17-41-45(40,44-21-13-9-8-10-14-21)34-19(5)26(38)42-18(3)4/h8-10,13-16,18-20,22,24,27,36H,6-7,11-12,17H2,1-5H3,(H,34,40)(H,32,33,37,39)/t19-,22+,24?,27+,45-/m0/s1. The number of carbonyl (C=O) groups is 2. The number of aromatic nitrogens is 2. The van der Waals surface area contributed by atoms with Crippen molar-refractivity contribution in [1.29, 1.82) is 0 Å². The highest BCUT2D eigenvalue weighted by Crippen LogP contribution is 2.48. The van der Waals surface area contributed by atoms with Gasteiger partial charge in [-0.1, -0.05) is 44.9 Å². The van der Waals surface area contributed by atoms with E-state index < -0.39 is 62.5 Å². The average Bonchev–Trinajstić information content (AvgIpc) is 3.19. The maximum absolute atomic E-state index is 15.2. The molecule has 1 unspecified atom stereocenters. The molecule has 1 fully saturated rings. The SMILES string of the molecule is CCCC(CCC)C(=O)Nc1ccn([C@@H]2O[C@H](CO[P@@](=O)(N[C@@H](C)C(=O)OC(C)C)Oc3ccccc3)C(O)C2(F)F)c(=O)n1. The van der Waals surface area contributed by atoms with Crippen molar-refractivity contribution in [2.75, 3.05) is 11.9 Å². The zero-order chi connectivity index (χ0) is 33.4. The monoisotopic (exact) mass is 658 g/mol. The van der Waals surface area contributed by atoms with Crippen LogP contribution in [-0.2, 0) is 28.2 Å². The van der Waals surface area contributed by atoms with Gasteiger partial charge in [-0.2, -0.15) is 18.9 Å². The number of nitrogens with one attached hydrogen (secondary N) is 2. The Morgan fingerprint density at radius 1 is 1.13 bits per heavy atom. The summed E-state index contributed by atoms with van der Waals surface area (Å²) in [5.74, 6) is -5.44. The van der Waals surface area contributed by atoms with E-state index in [9.17, 15) is 24.1 Å². The summed E-state index contributed by atoms with van der Waals surface area (Å²) in [6.45, 7) is 7.59. The Balaban J connectivity index is 1.77. The van der Waals surface area contributed by atoms with Crippen LogP contribution in [0.2, 0.25) is 0 Å². The van der Waals surface area contributed by atoms with Gasteiger partial charge in [-0.25, -0.2) is 9.36 Å². The number of hydrogen-bond acceptors (Lipinski definition) is 10. The lowest BCUT2D eigenvalue weighted by Gasteiger charge is -2.25. The van der Waals surface area contributed by atoms with Crippen LogP contribution in [0.25, 0.3) is 0 Å². The average molecular weight is 659 g/mol. The zero-order valence-electron chi connectivity index (χ0n) is 25.9. The molecule has 5 atom stereocenters. The quantitative estimate of drug-likeness (QED) is 0.173. The summed E-state index contributed by atoms with van der Waals surface area (Å²) in [6, 6.07) is 7.73. The Bertz CT molecular complexity index is 1390. The van der Waals surface area contributed by atoms with Crippen LogP contribution in [-0.4, -0.2) is 63.4 Å². The van der Waals surface area contributed by atoms with Crippen LogP contribution >= 0.6 is 7.75 Å². The van der Waals surface area contributed by atoms with E-state index in [-0.39, 0.29) is 23.4 Å². The first kappa shape index (κ1) is 36.2. The third-order valence-electron chi connectivity index (χ3n) is 6.79. The number of nitrogens with zero attached hydrogens (tertiary/aromatic N) is 2. The van der Waals surface area contributed by atoms with Crippen LogP contribution in [0, 0.1) is 5.92 Å². The third kappa shape index (κ3) is 9.63. The minimum Gasteiger partial charge on any atom is -0.462 e. The van der Waals surface area contributed by atoms with Crippen molar-refractivity contribution in [1.82, 2.24) is 14.6 Å². The second kappa shape index (κ2) is 15.9. The Labute approximate surface area is 260 Å². The molecule has 13 nitrogen and oxygen atoms in total. The van der Waals surface area contributed by atoms with Gasteiger partial charge >= 0.3 is 25.3 Å². The molecular formula is C29H41F2N4O9P. The number of aliphatic hydroxyl groups excluding tert-OH is 1. The highest BCUT2D eigenvalue weighted by atomic mass is 31.2. The number of para-hydroxylation sites is 1. The fourth-order valence-corrected chi connectivity index (χ4v) is 6.11. The van der Waals surface area contributed by atoms with Gasteiger partial charge in [0.2, 0.25) is 12.1 Å². The molecule has 3 rings (SSSR count). The Morgan fingerprint density at radius 2 is 1.78 bits per heavy atom. The van der Waals surface area contributed by atoms with E-state index >= 15 is 8.78 Å². The van der Waals surface area contributed by atoms with Crippen molar-refractivity contribution in [2.45, 2.75) is 96.8 Å². The largest absolute Gasteiger partial charge is 0.462 e. The minimum atomic E-state index is -4.46. The number of ether oxygens (including phenoxy) is 2. The summed E-state index contributed by atoms with van der Waals surface area (Å²) in [4.78, 5) is 41.5. The van der Waals surface area contributed by atoms with E-state index in [0.717, 1.165) is 19.0 Å². The third-order valence-corrected chi connectivity index (χ3v) is 8.44. The second-order valence-corrected chi connectivity index (χ2v) is 12.6. The molecule has 0 spiro atoms. The highest BCUT2D eigenvalue weighted by molar-refractivity contribution is 7.52. The molecule has 0 aliphatic carbocycles. The molecule has 1 aromatic heterocycles. The van der Waals surface area contributed by atoms with Gasteiger partial charge in [-0.05, 0) is 51.8 Å². The van der Waals surface area contributed by atoms with Crippen LogP contribution in [0.15, 0.2) is 47.4 Å². The number of halogens is 2. The van der Waals surface area contributed by atoms with E-state index in [1.807, 2.05) is 13.8 Å². The number of amides is 1. The molecule has 1 aliphatic rings. The van der Waals surface area contributed by atoms with Crippen LogP contribution in [0.3, 0.4) is 0 Å². The molecule has 2 aromatic rings. The van der Waals surface area contributed by atoms with Crippen LogP contribution in [0.5, 0.6) is 5.75 Å². The van der Waals surface area contributed by atoms with E-state index in [1.165, 1.54) is 25.1 Å². The lowest BCUT2D eigenvalue weighted by molar-refractivity contribution is -0.149. The molecule has 2 heterocycles. The van der Waals surface area contributed by atoms with Crippen molar-refractivity contribution >= 4 is 25.4 Å². The maximum Gasteiger partial charge on any atom is 0.459 e. The summed E-state index contributed by atoms with van der Waals surface area (Å²) in [5.41, 5.74) is -1.16. The first-order valence-electron chi connectivity index (χ1n) is 14.8. The fourth-order valence-electron chi connectivity index (χ4n) is 4.60. The van der Waals surface area contributed by atoms with Gasteiger partial charge in [-0.3, -0.25) is 18.7 Å². The number of esters is 1. The van der Waals surface area contributed by atoms with Crippen molar-refractivity contribution in [3.63, 3.8) is 0 Å². The number of benzene rings is 1. The highest BCUT2D eigenvalue weighted by Gasteiger charge is 2.60. The number of alkyl halides is 2. The molecule has 0 bridgehead atoms. The molecule has 1 saturated heterocycles. The molecule has 1 amide bonds. The Hall–Kier alpha value is -3.23. The molecule has 0 saturated carbocycles. The smallest absolute Gasteiger partial charge is 0.459 e. The predicted octanol–water partition coefficient (Wildman–Crippen LogP) is 4.43. The molecule has 3 N–H and O–H groups in total. The molecule has 1 aromatic carbocycles. The van der Waals surface area contributed by atoms with Gasteiger partial charge < -0.3 is 24.4 Å². The lowest BCUT2D eigenvalue weighted by Crippen LogP contribution is -2.42. The van der Waals surface area contributed by atoms with Gasteiger partial charge in [0.1, 0.15) is 23.7 Å². The molecule has 250 valence electrons.